The van der Waals surface area contributed by atoms with Crippen LogP contribution in [0.3, 0.4) is 0 Å². The monoisotopic (exact) mass is 444 g/mol. The third-order valence-electron chi connectivity index (χ3n) is 4.33. The Bertz CT molecular complexity index is 1020. The van der Waals surface area contributed by atoms with E-state index in [2.05, 4.69) is 10.0 Å². The largest absolute Gasteiger partial charge is 0.495 e. The summed E-state index contributed by atoms with van der Waals surface area (Å²) >= 11 is 0. The second-order valence-electron chi connectivity index (χ2n) is 6.98. The Hall–Kier alpha value is -2.59. The number of alkyl halides is 3. The number of hydrogen-bond donors (Lipinski definition) is 2. The van der Waals surface area contributed by atoms with E-state index in [0.717, 1.165) is 23.8 Å². The number of halogens is 3. The highest BCUT2D eigenvalue weighted by atomic mass is 32.2. The Morgan fingerprint density at radius 1 is 1.07 bits per heavy atom. The Labute approximate surface area is 173 Å². The van der Waals surface area contributed by atoms with E-state index in [1.807, 2.05) is 13.8 Å². The van der Waals surface area contributed by atoms with E-state index < -0.39 is 33.7 Å². The van der Waals surface area contributed by atoms with Crippen molar-refractivity contribution in [1.29, 1.82) is 0 Å². The lowest BCUT2D eigenvalue weighted by Gasteiger charge is -2.17. The summed E-state index contributed by atoms with van der Waals surface area (Å²) in [4.78, 5) is 12.2. The number of nitrogens with one attached hydrogen (secondary N) is 2. The van der Waals surface area contributed by atoms with Gasteiger partial charge in [0.25, 0.3) is 0 Å². The molecular weight excluding hydrogens is 421 g/mol. The van der Waals surface area contributed by atoms with E-state index >= 15 is 0 Å². The highest BCUT2D eigenvalue weighted by Crippen LogP contribution is 2.31. The summed E-state index contributed by atoms with van der Waals surface area (Å²) in [7, 11) is -2.82. The summed E-state index contributed by atoms with van der Waals surface area (Å²) in [5.41, 5.74) is -0.263. The van der Waals surface area contributed by atoms with Gasteiger partial charge in [-0.1, -0.05) is 26.0 Å². The maximum Gasteiger partial charge on any atom is 0.416 e. The van der Waals surface area contributed by atoms with Crippen molar-refractivity contribution in [3.63, 3.8) is 0 Å². The third kappa shape index (κ3) is 5.73. The van der Waals surface area contributed by atoms with Crippen LogP contribution in [-0.4, -0.2) is 27.5 Å². The summed E-state index contributed by atoms with van der Waals surface area (Å²) in [5, 5.41) is 2.29. The molecule has 0 fully saturated rings. The molecule has 2 N–H and O–H groups in total. The van der Waals surface area contributed by atoms with E-state index in [1.54, 1.807) is 6.07 Å². The van der Waals surface area contributed by atoms with Gasteiger partial charge in [0.2, 0.25) is 15.9 Å². The normalized spacial score (nSPS) is 13.2. The van der Waals surface area contributed by atoms with Crippen LogP contribution in [0.5, 0.6) is 5.75 Å². The van der Waals surface area contributed by atoms with Gasteiger partial charge < -0.3 is 10.1 Å². The lowest BCUT2D eigenvalue weighted by molar-refractivity contribution is -0.137. The molecule has 2 aromatic carbocycles. The fourth-order valence-corrected chi connectivity index (χ4v) is 4.04. The smallest absolute Gasteiger partial charge is 0.416 e. The molecule has 6 nitrogen and oxygen atoms in total. The van der Waals surface area contributed by atoms with Crippen LogP contribution in [0.25, 0.3) is 0 Å². The summed E-state index contributed by atoms with van der Waals surface area (Å²) in [6.45, 7) is 5.09. The van der Waals surface area contributed by atoms with Gasteiger partial charge in [0.15, 0.2) is 0 Å². The second-order valence-corrected chi connectivity index (χ2v) is 8.66. The predicted octanol–water partition coefficient (Wildman–Crippen LogP) is 4.14. The Balaban J connectivity index is 2.22. The molecule has 2 aromatic rings. The van der Waals surface area contributed by atoms with Gasteiger partial charge in [-0.05, 0) is 48.7 Å². The summed E-state index contributed by atoms with van der Waals surface area (Å²) in [6.07, 6.45) is -4.56. The number of ether oxygens (including phenoxy) is 1. The molecule has 0 radical (unpaired) electrons. The topological polar surface area (TPSA) is 84.5 Å². The van der Waals surface area contributed by atoms with Crippen molar-refractivity contribution in [2.45, 2.75) is 43.8 Å². The second kappa shape index (κ2) is 9.05. The van der Waals surface area contributed by atoms with Crippen LogP contribution in [0.2, 0.25) is 0 Å². The zero-order valence-corrected chi connectivity index (χ0v) is 17.7. The van der Waals surface area contributed by atoms with Gasteiger partial charge in [0, 0.05) is 5.69 Å². The zero-order chi connectivity index (χ0) is 22.7. The van der Waals surface area contributed by atoms with Crippen LogP contribution in [0.4, 0.5) is 18.9 Å². The number of amides is 1. The molecule has 1 unspecified atom stereocenters. The first-order valence-corrected chi connectivity index (χ1v) is 10.5. The average Bonchev–Trinajstić information content (AvgIpc) is 2.66. The molecule has 1 atom stereocenters. The number of rotatable bonds is 7. The summed E-state index contributed by atoms with van der Waals surface area (Å²) < 4.78 is 71.5. The molecule has 0 heterocycles. The van der Waals surface area contributed by atoms with E-state index in [-0.39, 0.29) is 22.3 Å². The van der Waals surface area contributed by atoms with Crippen LogP contribution in [0.1, 0.15) is 37.8 Å². The number of benzene rings is 2. The number of carbonyl (C=O) groups is 1. The number of carbonyl (C=O) groups excluding carboxylic acids is 1. The molecule has 0 saturated carbocycles. The number of anilines is 1. The first kappa shape index (κ1) is 23.7. The summed E-state index contributed by atoms with van der Waals surface area (Å²) in [5.74, 6) is -0.638. The highest BCUT2D eigenvalue weighted by molar-refractivity contribution is 7.89. The van der Waals surface area contributed by atoms with Crippen LogP contribution in [0.15, 0.2) is 47.4 Å². The molecule has 30 heavy (non-hydrogen) atoms. The molecule has 0 aliphatic heterocycles. The van der Waals surface area contributed by atoms with Crippen molar-refractivity contribution >= 4 is 21.6 Å². The van der Waals surface area contributed by atoms with Crippen LogP contribution >= 0.6 is 0 Å². The number of methoxy groups -OCH3 is 1. The van der Waals surface area contributed by atoms with E-state index in [9.17, 15) is 26.4 Å². The molecule has 0 spiro atoms. The molecular formula is C20H23F3N2O4S. The van der Waals surface area contributed by atoms with Gasteiger partial charge in [0.1, 0.15) is 10.6 Å². The fourth-order valence-electron chi connectivity index (χ4n) is 2.64. The lowest BCUT2D eigenvalue weighted by Crippen LogP contribution is -2.41. The SMILES string of the molecule is COc1ccc(C(C)C)cc1S(=O)(=O)NC(C)C(=O)Nc1cccc(C(F)(F)F)c1. The maximum absolute atomic E-state index is 12.8. The van der Waals surface area contributed by atoms with Crippen molar-refractivity contribution in [2.24, 2.45) is 0 Å². The first-order chi connectivity index (χ1) is 13.8. The molecule has 0 aliphatic rings. The molecule has 1 amide bonds. The van der Waals surface area contributed by atoms with E-state index in [4.69, 9.17) is 4.74 Å². The standard InChI is InChI=1S/C20H23F3N2O4S/c1-12(2)14-8-9-17(29-4)18(10-14)30(27,28)25-13(3)19(26)24-16-7-5-6-15(11-16)20(21,22)23/h5-13,25H,1-4H3,(H,24,26). The van der Waals surface area contributed by atoms with Crippen molar-refractivity contribution < 1.29 is 31.1 Å². The van der Waals surface area contributed by atoms with Crippen LogP contribution in [-0.2, 0) is 21.0 Å². The van der Waals surface area contributed by atoms with Gasteiger partial charge in [-0.2, -0.15) is 17.9 Å². The first-order valence-electron chi connectivity index (χ1n) is 9.03. The predicted molar refractivity (Wildman–Crippen MR) is 107 cm³/mol. The van der Waals surface area contributed by atoms with Gasteiger partial charge in [0.05, 0.1) is 18.7 Å². The molecule has 0 saturated heterocycles. The van der Waals surface area contributed by atoms with Crippen molar-refractivity contribution in [3.05, 3.63) is 53.6 Å². The quantitative estimate of drug-likeness (QED) is 0.672. The number of hydrogen-bond acceptors (Lipinski definition) is 4. The Morgan fingerprint density at radius 3 is 2.30 bits per heavy atom. The molecule has 0 bridgehead atoms. The minimum Gasteiger partial charge on any atom is -0.495 e. The van der Waals surface area contributed by atoms with Crippen molar-refractivity contribution in [1.82, 2.24) is 4.72 Å². The van der Waals surface area contributed by atoms with Gasteiger partial charge >= 0.3 is 6.18 Å². The minimum atomic E-state index is -4.56. The molecule has 164 valence electrons. The maximum atomic E-state index is 12.8. The fraction of sp³-hybridized carbons (Fsp3) is 0.350. The highest BCUT2D eigenvalue weighted by Gasteiger charge is 2.31. The van der Waals surface area contributed by atoms with Crippen molar-refractivity contribution in [2.75, 3.05) is 12.4 Å². The van der Waals surface area contributed by atoms with Gasteiger partial charge in [-0.25, -0.2) is 8.42 Å². The average molecular weight is 444 g/mol. The third-order valence-corrected chi connectivity index (χ3v) is 5.89. The number of sulfonamides is 1. The molecule has 2 rings (SSSR count). The van der Waals surface area contributed by atoms with Crippen molar-refractivity contribution in [3.8, 4) is 5.75 Å². The summed E-state index contributed by atoms with van der Waals surface area (Å²) in [6, 6.07) is 7.55. The van der Waals surface area contributed by atoms with E-state index in [1.165, 1.54) is 32.2 Å². The minimum absolute atomic E-state index is 0.0616. The molecule has 0 aliphatic carbocycles. The molecule has 0 aromatic heterocycles. The Morgan fingerprint density at radius 2 is 1.73 bits per heavy atom. The van der Waals surface area contributed by atoms with Gasteiger partial charge in [-0.15, -0.1) is 0 Å². The molecule has 10 heteroatoms. The zero-order valence-electron chi connectivity index (χ0n) is 16.9. The Kier molecular flexibility index (Phi) is 7.14. The van der Waals surface area contributed by atoms with Crippen LogP contribution < -0.4 is 14.8 Å². The van der Waals surface area contributed by atoms with E-state index in [0.29, 0.717) is 0 Å². The van der Waals surface area contributed by atoms with Crippen LogP contribution in [0, 0.1) is 0 Å². The van der Waals surface area contributed by atoms with Gasteiger partial charge in [-0.3, -0.25) is 4.79 Å². The lowest BCUT2D eigenvalue weighted by atomic mass is 10.0.